The van der Waals surface area contributed by atoms with Crippen molar-refractivity contribution in [1.82, 2.24) is 5.32 Å². The third kappa shape index (κ3) is 5.47. The molecule has 0 saturated heterocycles. The standard InChI is InChI=1S/C14H18ClNO4S/c1-3-4-9(2)16-13(17)8-21(20)10-5-6-12(15)11(7-10)14(18)19/h5-7,9H,3-4,8H2,1-2H3,(H,16,17)(H,18,19). The second-order valence-corrected chi connectivity index (χ2v) is 6.55. The zero-order chi connectivity index (χ0) is 16.0. The van der Waals surface area contributed by atoms with Crippen LogP contribution in [-0.2, 0) is 15.6 Å². The second-order valence-electron chi connectivity index (χ2n) is 4.69. The van der Waals surface area contributed by atoms with Gasteiger partial charge in [-0.15, -0.1) is 0 Å². The van der Waals surface area contributed by atoms with Crippen molar-refractivity contribution < 1.29 is 18.9 Å². The van der Waals surface area contributed by atoms with E-state index in [2.05, 4.69) is 5.32 Å². The number of hydrogen-bond donors (Lipinski definition) is 2. The van der Waals surface area contributed by atoms with Gasteiger partial charge in [0.05, 0.1) is 21.4 Å². The van der Waals surface area contributed by atoms with Crippen LogP contribution in [0.1, 0.15) is 37.0 Å². The summed E-state index contributed by atoms with van der Waals surface area (Å²) in [6.07, 6.45) is 1.80. The molecule has 0 heterocycles. The van der Waals surface area contributed by atoms with Gasteiger partial charge in [0.1, 0.15) is 5.75 Å². The van der Waals surface area contributed by atoms with Crippen molar-refractivity contribution in [2.45, 2.75) is 37.6 Å². The number of carboxylic acid groups (broad SMARTS) is 1. The van der Waals surface area contributed by atoms with Crippen LogP contribution in [-0.4, -0.2) is 33.0 Å². The van der Waals surface area contributed by atoms with Crippen LogP contribution in [0.25, 0.3) is 0 Å². The van der Waals surface area contributed by atoms with Gasteiger partial charge in [-0.2, -0.15) is 0 Å². The Morgan fingerprint density at radius 2 is 2.10 bits per heavy atom. The minimum Gasteiger partial charge on any atom is -0.478 e. The lowest BCUT2D eigenvalue weighted by Gasteiger charge is -2.12. The molecule has 7 heteroatoms. The first-order valence-electron chi connectivity index (χ1n) is 6.55. The Hall–Kier alpha value is -1.40. The van der Waals surface area contributed by atoms with Crippen LogP contribution < -0.4 is 5.32 Å². The van der Waals surface area contributed by atoms with Gasteiger partial charge < -0.3 is 10.4 Å². The molecule has 0 bridgehead atoms. The summed E-state index contributed by atoms with van der Waals surface area (Å²) in [5.41, 5.74) is -0.123. The molecule has 0 radical (unpaired) electrons. The summed E-state index contributed by atoms with van der Waals surface area (Å²) in [6, 6.07) is 4.10. The summed E-state index contributed by atoms with van der Waals surface area (Å²) in [6.45, 7) is 3.90. The van der Waals surface area contributed by atoms with E-state index < -0.39 is 16.8 Å². The van der Waals surface area contributed by atoms with E-state index in [0.29, 0.717) is 0 Å². The Labute approximate surface area is 131 Å². The van der Waals surface area contributed by atoms with E-state index in [1.165, 1.54) is 18.2 Å². The predicted molar refractivity (Wildman–Crippen MR) is 82.2 cm³/mol. The van der Waals surface area contributed by atoms with Gasteiger partial charge in [0, 0.05) is 10.9 Å². The van der Waals surface area contributed by atoms with Gasteiger partial charge in [-0.1, -0.05) is 24.9 Å². The Morgan fingerprint density at radius 1 is 1.43 bits per heavy atom. The average Bonchev–Trinajstić information content (AvgIpc) is 2.38. The number of hydrogen-bond acceptors (Lipinski definition) is 3. The molecule has 1 aromatic rings. The molecule has 2 unspecified atom stereocenters. The molecule has 2 atom stereocenters. The van der Waals surface area contributed by atoms with Crippen molar-refractivity contribution in [3.05, 3.63) is 28.8 Å². The van der Waals surface area contributed by atoms with Crippen molar-refractivity contribution in [3.8, 4) is 0 Å². The van der Waals surface area contributed by atoms with E-state index in [4.69, 9.17) is 16.7 Å². The number of carbonyl (C=O) groups excluding carboxylic acids is 1. The molecule has 1 rings (SSSR count). The smallest absolute Gasteiger partial charge is 0.337 e. The number of aromatic carboxylic acids is 1. The van der Waals surface area contributed by atoms with E-state index >= 15 is 0 Å². The van der Waals surface area contributed by atoms with E-state index in [9.17, 15) is 13.8 Å². The van der Waals surface area contributed by atoms with Crippen LogP contribution in [0, 0.1) is 0 Å². The molecule has 2 N–H and O–H groups in total. The summed E-state index contributed by atoms with van der Waals surface area (Å²) < 4.78 is 12.1. The average molecular weight is 332 g/mol. The molecule has 0 saturated carbocycles. The number of nitrogens with one attached hydrogen (secondary N) is 1. The van der Waals surface area contributed by atoms with Crippen molar-refractivity contribution >= 4 is 34.3 Å². The lowest BCUT2D eigenvalue weighted by Crippen LogP contribution is -2.35. The number of amides is 1. The third-order valence-electron chi connectivity index (χ3n) is 2.82. The molecule has 0 aliphatic heterocycles. The van der Waals surface area contributed by atoms with Gasteiger partial charge >= 0.3 is 5.97 Å². The van der Waals surface area contributed by atoms with E-state index in [1.54, 1.807) is 0 Å². The molecule has 21 heavy (non-hydrogen) atoms. The normalized spacial score (nSPS) is 13.5. The molecule has 1 aromatic carbocycles. The molecule has 5 nitrogen and oxygen atoms in total. The van der Waals surface area contributed by atoms with Crippen LogP contribution in [0.5, 0.6) is 0 Å². The zero-order valence-electron chi connectivity index (χ0n) is 11.9. The molecule has 0 spiro atoms. The maximum atomic E-state index is 12.1. The number of halogens is 1. The fourth-order valence-corrected chi connectivity index (χ4v) is 2.99. The first kappa shape index (κ1) is 17.7. The molecule has 0 fully saturated rings. The fraction of sp³-hybridized carbons (Fsp3) is 0.429. The predicted octanol–water partition coefficient (Wildman–Crippen LogP) is 2.45. The first-order chi connectivity index (χ1) is 9.85. The Kier molecular flexibility index (Phi) is 6.84. The zero-order valence-corrected chi connectivity index (χ0v) is 13.5. The molecule has 0 aromatic heterocycles. The summed E-state index contributed by atoms with van der Waals surface area (Å²) >= 11 is 5.75. The highest BCUT2D eigenvalue weighted by atomic mass is 35.5. The van der Waals surface area contributed by atoms with Crippen molar-refractivity contribution in [3.63, 3.8) is 0 Å². The highest BCUT2D eigenvalue weighted by molar-refractivity contribution is 7.85. The molecule has 116 valence electrons. The Bertz CT molecular complexity index is 562. The lowest BCUT2D eigenvalue weighted by molar-refractivity contribution is -0.119. The highest BCUT2D eigenvalue weighted by Gasteiger charge is 2.16. The monoisotopic (exact) mass is 331 g/mol. The van der Waals surface area contributed by atoms with Crippen molar-refractivity contribution in [2.75, 3.05) is 5.75 Å². The van der Waals surface area contributed by atoms with Crippen LogP contribution in [0.15, 0.2) is 23.1 Å². The van der Waals surface area contributed by atoms with E-state index in [-0.39, 0.29) is 33.2 Å². The topological polar surface area (TPSA) is 83.5 Å². The maximum absolute atomic E-state index is 12.1. The van der Waals surface area contributed by atoms with Gasteiger partial charge in [-0.25, -0.2) is 4.79 Å². The largest absolute Gasteiger partial charge is 0.478 e. The molecular formula is C14H18ClNO4S. The molecule has 0 aliphatic carbocycles. The van der Waals surface area contributed by atoms with E-state index in [0.717, 1.165) is 12.8 Å². The summed E-state index contributed by atoms with van der Waals surface area (Å²) in [4.78, 5) is 23.0. The van der Waals surface area contributed by atoms with Gasteiger partial charge in [0.25, 0.3) is 0 Å². The van der Waals surface area contributed by atoms with Gasteiger partial charge in [0.2, 0.25) is 5.91 Å². The minimum atomic E-state index is -1.60. The summed E-state index contributed by atoms with van der Waals surface area (Å²) in [5.74, 6) is -1.71. The van der Waals surface area contributed by atoms with Crippen LogP contribution in [0.4, 0.5) is 0 Å². The highest BCUT2D eigenvalue weighted by Crippen LogP contribution is 2.19. The fourth-order valence-electron chi connectivity index (χ4n) is 1.83. The van der Waals surface area contributed by atoms with Crippen molar-refractivity contribution in [2.24, 2.45) is 0 Å². The number of rotatable bonds is 7. The van der Waals surface area contributed by atoms with E-state index in [1.807, 2.05) is 13.8 Å². The Balaban J connectivity index is 2.74. The van der Waals surface area contributed by atoms with Gasteiger partial charge in [0.15, 0.2) is 0 Å². The minimum absolute atomic E-state index is 0.0271. The number of benzene rings is 1. The quantitative estimate of drug-likeness (QED) is 0.804. The maximum Gasteiger partial charge on any atom is 0.337 e. The van der Waals surface area contributed by atoms with Crippen LogP contribution in [0.2, 0.25) is 5.02 Å². The number of carbonyl (C=O) groups is 2. The summed E-state index contributed by atoms with van der Waals surface area (Å²) in [7, 11) is -1.60. The van der Waals surface area contributed by atoms with Gasteiger partial charge in [-0.05, 0) is 31.5 Å². The second kappa shape index (κ2) is 8.14. The molecule has 0 aliphatic rings. The third-order valence-corrected chi connectivity index (χ3v) is 4.46. The van der Waals surface area contributed by atoms with Crippen LogP contribution in [0.3, 0.4) is 0 Å². The lowest BCUT2D eigenvalue weighted by atomic mass is 10.2. The summed E-state index contributed by atoms with van der Waals surface area (Å²) in [5, 5.41) is 11.8. The molecule has 1 amide bonds. The Morgan fingerprint density at radius 3 is 2.67 bits per heavy atom. The molecular weight excluding hydrogens is 314 g/mol. The number of carboxylic acids is 1. The first-order valence-corrected chi connectivity index (χ1v) is 8.25. The van der Waals surface area contributed by atoms with Crippen molar-refractivity contribution in [1.29, 1.82) is 0 Å². The van der Waals surface area contributed by atoms with Crippen LogP contribution >= 0.6 is 11.6 Å². The SMILES string of the molecule is CCCC(C)NC(=O)CS(=O)c1ccc(Cl)c(C(=O)O)c1. The van der Waals surface area contributed by atoms with Gasteiger partial charge in [-0.3, -0.25) is 9.00 Å².